The van der Waals surface area contributed by atoms with Gasteiger partial charge in [0.15, 0.2) is 0 Å². The molecule has 19 heavy (non-hydrogen) atoms. The summed E-state index contributed by atoms with van der Waals surface area (Å²) in [6.07, 6.45) is 1.00. The van der Waals surface area contributed by atoms with Crippen LogP contribution in [0.3, 0.4) is 0 Å². The molecule has 8 heteroatoms. The van der Waals surface area contributed by atoms with E-state index in [0.29, 0.717) is 25.9 Å². The van der Waals surface area contributed by atoms with Gasteiger partial charge in [0, 0.05) is 19.1 Å². The zero-order valence-corrected chi connectivity index (χ0v) is 10.7. The molecule has 1 unspecified atom stereocenters. The molecule has 6 N–H and O–H groups in total. The first-order valence-electron chi connectivity index (χ1n) is 6.17. The van der Waals surface area contributed by atoms with Crippen LogP contribution in [0.5, 0.6) is 0 Å². The second kappa shape index (κ2) is 7.05. The van der Waals surface area contributed by atoms with Gasteiger partial charge in [-0.1, -0.05) is 0 Å². The molecular weight excluding hydrogens is 252 g/mol. The van der Waals surface area contributed by atoms with E-state index in [4.69, 9.17) is 16.6 Å². The highest BCUT2D eigenvalue weighted by molar-refractivity contribution is 5.86. The Morgan fingerprint density at radius 1 is 1.32 bits per heavy atom. The van der Waals surface area contributed by atoms with Crippen molar-refractivity contribution in [1.29, 1.82) is 0 Å². The maximum Gasteiger partial charge on any atom is 0.305 e. The summed E-state index contributed by atoms with van der Waals surface area (Å²) in [6.45, 7) is 1.56. The monoisotopic (exact) mass is 272 g/mol. The minimum atomic E-state index is -1.10. The number of carbonyl (C=O) groups is 3. The lowest BCUT2D eigenvalue weighted by molar-refractivity contribution is -0.139. The molecule has 1 aliphatic rings. The molecule has 0 radical (unpaired) electrons. The topological polar surface area (TPSA) is 139 Å². The molecule has 8 nitrogen and oxygen atoms in total. The lowest BCUT2D eigenvalue weighted by atomic mass is 10.0. The standard InChI is InChI=1S/C11H20N4O4/c12-8(5-10(17)18)11(19)14-7-1-3-15(4-2-7)6-9(13)16/h7-8H,1-6,12H2,(H2,13,16)(H,14,19)(H,17,18). The summed E-state index contributed by atoms with van der Waals surface area (Å²) in [6, 6.07) is -1.06. The smallest absolute Gasteiger partial charge is 0.305 e. The van der Waals surface area contributed by atoms with Gasteiger partial charge in [0.05, 0.1) is 19.0 Å². The van der Waals surface area contributed by atoms with Gasteiger partial charge in [-0.05, 0) is 12.8 Å². The van der Waals surface area contributed by atoms with Gasteiger partial charge in [-0.2, -0.15) is 0 Å². The Labute approximate surface area is 111 Å². The molecule has 2 amide bonds. The third-order valence-corrected chi connectivity index (χ3v) is 3.04. The molecule has 1 atom stereocenters. The lowest BCUT2D eigenvalue weighted by Crippen LogP contribution is -2.50. The molecule has 0 aromatic rings. The second-order valence-electron chi connectivity index (χ2n) is 4.73. The van der Waals surface area contributed by atoms with Crippen molar-refractivity contribution in [3.05, 3.63) is 0 Å². The van der Waals surface area contributed by atoms with Crippen molar-refractivity contribution in [3.63, 3.8) is 0 Å². The summed E-state index contributed by atoms with van der Waals surface area (Å²) in [7, 11) is 0. The fourth-order valence-corrected chi connectivity index (χ4v) is 2.04. The number of nitrogens with zero attached hydrogens (tertiary/aromatic N) is 1. The Bertz CT molecular complexity index is 353. The van der Waals surface area contributed by atoms with E-state index in [2.05, 4.69) is 5.32 Å². The van der Waals surface area contributed by atoms with E-state index >= 15 is 0 Å². The number of nitrogens with one attached hydrogen (secondary N) is 1. The maximum atomic E-state index is 11.6. The van der Waals surface area contributed by atoms with Crippen LogP contribution in [0.25, 0.3) is 0 Å². The van der Waals surface area contributed by atoms with Crippen molar-refractivity contribution in [2.75, 3.05) is 19.6 Å². The zero-order chi connectivity index (χ0) is 14.4. The van der Waals surface area contributed by atoms with Gasteiger partial charge < -0.3 is 21.9 Å². The number of piperidine rings is 1. The van der Waals surface area contributed by atoms with E-state index in [1.165, 1.54) is 0 Å². The van der Waals surface area contributed by atoms with E-state index < -0.39 is 17.9 Å². The molecule has 1 saturated heterocycles. The number of carboxylic acids is 1. The van der Waals surface area contributed by atoms with Crippen molar-refractivity contribution in [2.24, 2.45) is 11.5 Å². The van der Waals surface area contributed by atoms with E-state index in [-0.39, 0.29) is 24.9 Å². The number of hydrogen-bond donors (Lipinski definition) is 4. The number of primary amides is 1. The molecule has 1 rings (SSSR count). The number of likely N-dealkylation sites (tertiary alicyclic amines) is 1. The predicted octanol–water partition coefficient (Wildman–Crippen LogP) is -2.15. The highest BCUT2D eigenvalue weighted by atomic mass is 16.4. The number of nitrogens with two attached hydrogens (primary N) is 2. The minimum Gasteiger partial charge on any atom is -0.481 e. The molecule has 0 saturated carbocycles. The maximum absolute atomic E-state index is 11.6. The molecule has 1 fully saturated rings. The van der Waals surface area contributed by atoms with Crippen LogP contribution < -0.4 is 16.8 Å². The number of hydrogen-bond acceptors (Lipinski definition) is 5. The average molecular weight is 272 g/mol. The van der Waals surface area contributed by atoms with Crippen molar-refractivity contribution >= 4 is 17.8 Å². The second-order valence-corrected chi connectivity index (χ2v) is 4.73. The number of aliphatic carboxylic acids is 1. The number of rotatable bonds is 6. The molecular formula is C11H20N4O4. The molecule has 0 aromatic carbocycles. The quantitative estimate of drug-likeness (QED) is 0.435. The highest BCUT2D eigenvalue weighted by Crippen LogP contribution is 2.10. The molecule has 1 aliphatic heterocycles. The number of amides is 2. The number of carboxylic acid groups (broad SMARTS) is 1. The lowest BCUT2D eigenvalue weighted by Gasteiger charge is -2.31. The Morgan fingerprint density at radius 2 is 1.89 bits per heavy atom. The summed E-state index contributed by atoms with van der Waals surface area (Å²) in [5, 5.41) is 11.3. The summed E-state index contributed by atoms with van der Waals surface area (Å²) >= 11 is 0. The van der Waals surface area contributed by atoms with Gasteiger partial charge in [0.2, 0.25) is 11.8 Å². The zero-order valence-electron chi connectivity index (χ0n) is 10.7. The summed E-state index contributed by atoms with van der Waals surface area (Å²) < 4.78 is 0. The SMILES string of the molecule is NC(=O)CN1CCC(NC(=O)C(N)CC(=O)O)CC1. The summed E-state index contributed by atoms with van der Waals surface area (Å²) in [5.41, 5.74) is 10.6. The Morgan fingerprint density at radius 3 is 2.37 bits per heavy atom. The van der Waals surface area contributed by atoms with Gasteiger partial charge in [0.25, 0.3) is 0 Å². The average Bonchev–Trinajstić information content (AvgIpc) is 2.30. The third-order valence-electron chi connectivity index (χ3n) is 3.04. The summed E-state index contributed by atoms with van der Waals surface area (Å²) in [5.74, 6) is -1.92. The first-order chi connectivity index (χ1) is 8.88. The molecule has 108 valence electrons. The molecule has 0 spiro atoms. The van der Waals surface area contributed by atoms with E-state index in [0.717, 1.165) is 0 Å². The van der Waals surface area contributed by atoms with Gasteiger partial charge >= 0.3 is 5.97 Å². The van der Waals surface area contributed by atoms with E-state index in [9.17, 15) is 14.4 Å². The van der Waals surface area contributed by atoms with Crippen molar-refractivity contribution in [3.8, 4) is 0 Å². The van der Waals surface area contributed by atoms with E-state index in [1.54, 1.807) is 0 Å². The van der Waals surface area contributed by atoms with Crippen LogP contribution in [-0.4, -0.2) is 59.5 Å². The van der Waals surface area contributed by atoms with Gasteiger partial charge in [-0.3, -0.25) is 19.3 Å². The van der Waals surface area contributed by atoms with Crippen LogP contribution in [-0.2, 0) is 14.4 Å². The first-order valence-corrected chi connectivity index (χ1v) is 6.17. The van der Waals surface area contributed by atoms with Crippen LogP contribution in [0, 0.1) is 0 Å². The number of carbonyl (C=O) groups excluding carboxylic acids is 2. The van der Waals surface area contributed by atoms with Gasteiger partial charge in [0.1, 0.15) is 0 Å². The van der Waals surface area contributed by atoms with Gasteiger partial charge in [-0.15, -0.1) is 0 Å². The minimum absolute atomic E-state index is 0.0310. The van der Waals surface area contributed by atoms with Crippen molar-refractivity contribution in [2.45, 2.75) is 31.3 Å². The van der Waals surface area contributed by atoms with Crippen LogP contribution in [0.1, 0.15) is 19.3 Å². The molecule has 0 aromatic heterocycles. The molecule has 1 heterocycles. The Kier molecular flexibility index (Phi) is 5.71. The van der Waals surface area contributed by atoms with Crippen LogP contribution in [0.4, 0.5) is 0 Å². The normalized spacial score (nSPS) is 18.8. The Hall–Kier alpha value is -1.67. The Balaban J connectivity index is 2.30. The van der Waals surface area contributed by atoms with Crippen LogP contribution >= 0.6 is 0 Å². The van der Waals surface area contributed by atoms with Crippen molar-refractivity contribution < 1.29 is 19.5 Å². The van der Waals surface area contributed by atoms with Crippen molar-refractivity contribution in [1.82, 2.24) is 10.2 Å². The molecule has 0 aliphatic carbocycles. The first kappa shape index (κ1) is 15.4. The van der Waals surface area contributed by atoms with Crippen LogP contribution in [0.15, 0.2) is 0 Å². The fraction of sp³-hybridized carbons (Fsp3) is 0.727. The summed E-state index contributed by atoms with van der Waals surface area (Å²) in [4.78, 5) is 34.7. The largest absolute Gasteiger partial charge is 0.481 e. The molecule has 0 bridgehead atoms. The fourth-order valence-electron chi connectivity index (χ4n) is 2.04. The third kappa shape index (κ3) is 5.66. The predicted molar refractivity (Wildman–Crippen MR) is 67.0 cm³/mol. The van der Waals surface area contributed by atoms with Gasteiger partial charge in [-0.25, -0.2) is 0 Å². The highest BCUT2D eigenvalue weighted by Gasteiger charge is 2.24. The van der Waals surface area contributed by atoms with Crippen LogP contribution in [0.2, 0.25) is 0 Å². The van der Waals surface area contributed by atoms with E-state index in [1.807, 2.05) is 4.90 Å².